The Balaban J connectivity index is 1.08. The number of benzene rings is 1. The Morgan fingerprint density at radius 3 is 2.64 bits per heavy atom. The summed E-state index contributed by atoms with van der Waals surface area (Å²) in [6.45, 7) is 1.45. The van der Waals surface area contributed by atoms with Gasteiger partial charge in [-0.15, -0.1) is 0 Å². The van der Waals surface area contributed by atoms with Crippen molar-refractivity contribution in [3.05, 3.63) is 89.1 Å². The van der Waals surface area contributed by atoms with Gasteiger partial charge in [0.2, 0.25) is 0 Å². The van der Waals surface area contributed by atoms with Gasteiger partial charge in [-0.25, -0.2) is 15.0 Å². The summed E-state index contributed by atoms with van der Waals surface area (Å²) in [4.78, 5) is 21.7. The van der Waals surface area contributed by atoms with Crippen molar-refractivity contribution in [2.45, 2.75) is 41.8 Å². The van der Waals surface area contributed by atoms with Gasteiger partial charge in [0.1, 0.15) is 22.2 Å². The minimum absolute atomic E-state index is 0.0544. The third-order valence-electron chi connectivity index (χ3n) is 8.58. The Morgan fingerprint density at radius 1 is 1.07 bits per heavy atom. The number of piperidine rings is 1. The lowest BCUT2D eigenvalue weighted by Crippen LogP contribution is -2.45. The highest BCUT2D eigenvalue weighted by Crippen LogP contribution is 2.51. The molecule has 0 amide bonds. The Morgan fingerprint density at radius 2 is 1.90 bits per heavy atom. The Bertz CT molecular complexity index is 1770. The fraction of sp³-hybridized carbons (Fsp3) is 0.290. The van der Waals surface area contributed by atoms with Crippen LogP contribution in [0.5, 0.6) is 5.75 Å². The Hall–Kier alpha value is -3.70. The van der Waals surface area contributed by atoms with Crippen LogP contribution < -0.4 is 15.4 Å². The first-order chi connectivity index (χ1) is 20.5. The highest BCUT2D eigenvalue weighted by Gasteiger charge is 2.46. The first kappa shape index (κ1) is 27.2. The van der Waals surface area contributed by atoms with Crippen LogP contribution in [-0.4, -0.2) is 49.6 Å². The average molecular weight is 600 g/mol. The topological polar surface area (TPSA) is 115 Å². The molecule has 0 radical (unpaired) electrons. The largest absolute Gasteiger partial charge is 0.495 e. The van der Waals surface area contributed by atoms with Crippen molar-refractivity contribution in [1.29, 1.82) is 0 Å². The summed E-state index contributed by atoms with van der Waals surface area (Å²) in [5.74, 6) is 1.41. The predicted molar refractivity (Wildman–Crippen MR) is 163 cm³/mol. The predicted octanol–water partition coefficient (Wildman–Crippen LogP) is 5.33. The number of rotatable bonds is 6. The van der Waals surface area contributed by atoms with E-state index in [0.29, 0.717) is 32.8 Å². The van der Waals surface area contributed by atoms with E-state index in [4.69, 9.17) is 37.0 Å². The maximum atomic E-state index is 10.2. The number of imidazole rings is 1. The molecule has 1 aliphatic heterocycles. The van der Waals surface area contributed by atoms with Gasteiger partial charge in [0.05, 0.1) is 36.8 Å². The van der Waals surface area contributed by atoms with Crippen LogP contribution in [0.25, 0.3) is 17.0 Å². The molecule has 9 nitrogen and oxygen atoms in total. The third kappa shape index (κ3) is 4.68. The van der Waals surface area contributed by atoms with E-state index in [2.05, 4.69) is 34.1 Å². The first-order valence-electron chi connectivity index (χ1n) is 13.9. The number of aromatic nitrogens is 5. The van der Waals surface area contributed by atoms with E-state index in [1.165, 1.54) is 22.9 Å². The van der Waals surface area contributed by atoms with Gasteiger partial charge >= 0.3 is 0 Å². The second kappa shape index (κ2) is 10.9. The molecule has 42 heavy (non-hydrogen) atoms. The maximum Gasteiger partial charge on any atom is 0.157 e. The fourth-order valence-corrected chi connectivity index (χ4v) is 7.37. The van der Waals surface area contributed by atoms with Gasteiger partial charge in [-0.1, -0.05) is 47.6 Å². The van der Waals surface area contributed by atoms with E-state index in [0.717, 1.165) is 48.8 Å². The summed E-state index contributed by atoms with van der Waals surface area (Å²) in [6, 6.07) is 14.2. The molecule has 1 fully saturated rings. The van der Waals surface area contributed by atoms with Crippen LogP contribution in [0.15, 0.2) is 77.2 Å². The van der Waals surface area contributed by atoms with Crippen molar-refractivity contribution in [3.63, 3.8) is 0 Å². The van der Waals surface area contributed by atoms with E-state index in [-0.39, 0.29) is 18.1 Å². The molecule has 0 bridgehead atoms. The van der Waals surface area contributed by atoms with Gasteiger partial charge in [-0.2, -0.15) is 0 Å². The molecule has 2 aliphatic rings. The lowest BCUT2D eigenvalue weighted by Gasteiger charge is -2.42. The highest BCUT2D eigenvalue weighted by molar-refractivity contribution is 7.99. The van der Waals surface area contributed by atoms with Gasteiger partial charge in [-0.3, -0.25) is 4.98 Å². The number of methoxy groups -OCH3 is 1. The van der Waals surface area contributed by atoms with Crippen molar-refractivity contribution < 1.29 is 9.84 Å². The number of nitrogens with zero attached hydrogens (tertiary/aromatic N) is 6. The standard InChI is InChI=1S/C31H30ClN7O2S/c1-41-20-6-7-22(34-15-20)23-17-39-11-8-25(27(32)30(39)37-23)42-26-16-35-29(24(18-40)36-26)38-12-9-31(10-13-38)14-19-4-2-3-5-21(19)28(31)33/h2-8,11,15-17,28,40H,9-10,12-14,18,33H2,1H3/t28-/m1/s1. The molecule has 1 saturated heterocycles. The smallest absolute Gasteiger partial charge is 0.157 e. The van der Waals surface area contributed by atoms with Crippen LogP contribution in [0.2, 0.25) is 5.02 Å². The number of anilines is 1. The maximum absolute atomic E-state index is 10.2. The van der Waals surface area contributed by atoms with E-state index in [1.807, 2.05) is 35.0 Å². The quantitative estimate of drug-likeness (QED) is 0.267. The van der Waals surface area contributed by atoms with Crippen LogP contribution in [0.3, 0.4) is 0 Å². The minimum atomic E-state index is -0.200. The second-order valence-corrected chi connectivity index (χ2v) is 12.3. The van der Waals surface area contributed by atoms with Crippen molar-refractivity contribution in [2.24, 2.45) is 11.1 Å². The number of aliphatic hydroxyl groups excluding tert-OH is 1. The molecule has 1 aliphatic carbocycles. The zero-order chi connectivity index (χ0) is 28.8. The highest BCUT2D eigenvalue weighted by atomic mass is 35.5. The first-order valence-corrected chi connectivity index (χ1v) is 15.1. The number of nitrogens with two attached hydrogens (primary N) is 1. The van der Waals surface area contributed by atoms with E-state index < -0.39 is 0 Å². The molecule has 7 rings (SSSR count). The van der Waals surface area contributed by atoms with E-state index >= 15 is 0 Å². The number of hydrogen-bond donors (Lipinski definition) is 2. The molecule has 5 heterocycles. The van der Waals surface area contributed by atoms with Crippen LogP contribution in [-0.2, 0) is 13.0 Å². The van der Waals surface area contributed by atoms with Crippen LogP contribution in [0.1, 0.15) is 35.7 Å². The lowest BCUT2D eigenvalue weighted by molar-refractivity contribution is 0.186. The summed E-state index contributed by atoms with van der Waals surface area (Å²) in [5, 5.41) is 11.4. The Kier molecular flexibility index (Phi) is 7.02. The Labute approximate surface area is 252 Å². The molecule has 0 unspecified atom stereocenters. The van der Waals surface area contributed by atoms with E-state index in [9.17, 15) is 5.11 Å². The van der Waals surface area contributed by atoms with Crippen LogP contribution >= 0.6 is 23.4 Å². The molecular formula is C31H30ClN7O2S. The van der Waals surface area contributed by atoms with Gasteiger partial charge in [0, 0.05) is 36.4 Å². The SMILES string of the molecule is COc1ccc(-c2cn3ccc(Sc4cnc(N5CCC6(CC5)Cc5ccccc5[C@H]6N)c(CO)n4)c(Cl)c3n2)nc1. The summed E-state index contributed by atoms with van der Waals surface area (Å²) in [6.07, 6.45) is 10.2. The average Bonchev–Trinajstić information content (AvgIpc) is 3.59. The summed E-state index contributed by atoms with van der Waals surface area (Å²) >= 11 is 8.21. The normalized spacial score (nSPS) is 17.6. The molecule has 5 aromatic rings. The molecule has 4 aromatic heterocycles. The van der Waals surface area contributed by atoms with Gasteiger partial charge < -0.3 is 24.9 Å². The molecule has 3 N–H and O–H groups in total. The molecule has 1 atom stereocenters. The fourth-order valence-electron chi connectivity index (χ4n) is 6.26. The van der Waals surface area contributed by atoms with Gasteiger partial charge in [-0.05, 0) is 54.0 Å². The van der Waals surface area contributed by atoms with Gasteiger partial charge in [0.15, 0.2) is 11.5 Å². The summed E-state index contributed by atoms with van der Waals surface area (Å²) in [7, 11) is 1.61. The third-order valence-corrected chi connectivity index (χ3v) is 10.0. The number of ether oxygens (including phenoxy) is 1. The lowest BCUT2D eigenvalue weighted by atomic mass is 9.73. The number of halogens is 1. The molecular weight excluding hydrogens is 570 g/mol. The number of hydrogen-bond acceptors (Lipinski definition) is 9. The molecule has 214 valence electrons. The zero-order valence-electron chi connectivity index (χ0n) is 23.1. The van der Waals surface area contributed by atoms with Crippen molar-refractivity contribution in [2.75, 3.05) is 25.1 Å². The van der Waals surface area contributed by atoms with E-state index in [1.54, 1.807) is 19.5 Å². The molecule has 1 aromatic carbocycles. The second-order valence-electron chi connectivity index (χ2n) is 10.9. The summed E-state index contributed by atoms with van der Waals surface area (Å²) < 4.78 is 7.08. The number of pyridine rings is 2. The summed E-state index contributed by atoms with van der Waals surface area (Å²) in [5.41, 5.74) is 12.1. The monoisotopic (exact) mass is 599 g/mol. The van der Waals surface area contributed by atoms with Gasteiger partial charge in [0.25, 0.3) is 0 Å². The van der Waals surface area contributed by atoms with Crippen molar-refractivity contribution in [3.8, 4) is 17.1 Å². The molecule has 1 spiro atoms. The minimum Gasteiger partial charge on any atom is -0.495 e. The number of aliphatic hydroxyl groups is 1. The molecule has 0 saturated carbocycles. The number of fused-ring (bicyclic) bond motifs is 2. The zero-order valence-corrected chi connectivity index (χ0v) is 24.6. The van der Waals surface area contributed by atoms with Crippen molar-refractivity contribution in [1.82, 2.24) is 24.3 Å². The molecule has 11 heteroatoms. The van der Waals surface area contributed by atoms with Crippen LogP contribution in [0.4, 0.5) is 5.82 Å². The van der Waals surface area contributed by atoms with Crippen molar-refractivity contribution >= 4 is 34.8 Å². The van der Waals surface area contributed by atoms with Crippen LogP contribution in [0, 0.1) is 5.41 Å².